The van der Waals surface area contributed by atoms with E-state index in [0.717, 1.165) is 0 Å². The molecule has 0 spiro atoms. The fraction of sp³-hybridized carbons (Fsp3) is 0.238. The van der Waals surface area contributed by atoms with Gasteiger partial charge >= 0.3 is 5.69 Å². The Labute approximate surface area is 180 Å². The van der Waals surface area contributed by atoms with Crippen molar-refractivity contribution in [2.45, 2.75) is 31.7 Å². The number of hydrogen-bond donors (Lipinski definition) is 3. The van der Waals surface area contributed by atoms with E-state index < -0.39 is 15.9 Å². The van der Waals surface area contributed by atoms with Gasteiger partial charge in [-0.1, -0.05) is 12.1 Å². The lowest BCUT2D eigenvalue weighted by atomic mass is 10.2. The normalized spacial score (nSPS) is 11.5. The van der Waals surface area contributed by atoms with Gasteiger partial charge in [0, 0.05) is 23.5 Å². The predicted octanol–water partition coefficient (Wildman–Crippen LogP) is 2.42. The van der Waals surface area contributed by atoms with Gasteiger partial charge in [0.2, 0.25) is 10.0 Å². The van der Waals surface area contributed by atoms with Crippen molar-refractivity contribution in [3.8, 4) is 11.4 Å². The van der Waals surface area contributed by atoms with Crippen molar-refractivity contribution < 1.29 is 17.9 Å². The summed E-state index contributed by atoms with van der Waals surface area (Å²) in [7, 11) is -2.53. The molecule has 9 nitrogen and oxygen atoms in total. The number of amides is 1. The van der Waals surface area contributed by atoms with Crippen molar-refractivity contribution in [1.82, 2.24) is 14.3 Å². The van der Waals surface area contributed by atoms with E-state index >= 15 is 0 Å². The average Bonchev–Trinajstić information content (AvgIpc) is 3.05. The third kappa shape index (κ3) is 4.70. The van der Waals surface area contributed by atoms with E-state index in [1.807, 2.05) is 0 Å². The summed E-state index contributed by atoms with van der Waals surface area (Å²) in [5, 5.41) is 2.76. The highest BCUT2D eigenvalue weighted by Crippen LogP contribution is 2.26. The Hall–Kier alpha value is -3.37. The minimum absolute atomic E-state index is 0.123. The lowest BCUT2D eigenvalue weighted by Crippen LogP contribution is -2.30. The molecule has 31 heavy (non-hydrogen) atoms. The molecule has 164 valence electrons. The highest BCUT2D eigenvalue weighted by Gasteiger charge is 2.23. The molecule has 10 heteroatoms. The number of para-hydroxylation sites is 2. The number of aromatic amines is 1. The monoisotopic (exact) mass is 444 g/mol. The number of sulfonamides is 1. The molecule has 0 radical (unpaired) electrons. The van der Waals surface area contributed by atoms with Gasteiger partial charge in [0.15, 0.2) is 0 Å². The number of benzene rings is 2. The molecule has 3 rings (SSSR count). The van der Waals surface area contributed by atoms with Gasteiger partial charge in [0.05, 0.1) is 18.5 Å². The number of H-pyrrole nitrogens is 1. The van der Waals surface area contributed by atoms with Crippen molar-refractivity contribution in [3.63, 3.8) is 0 Å². The molecule has 0 unspecified atom stereocenters. The van der Waals surface area contributed by atoms with Crippen molar-refractivity contribution in [3.05, 3.63) is 70.4 Å². The van der Waals surface area contributed by atoms with Crippen LogP contribution in [0, 0.1) is 6.92 Å². The standard InChI is InChI=1S/C21H24N4O5S/c1-13(2)24-31(28,29)19-11-15(9-10-18(19)30-4)20(26)23-16-7-5-6-8-17(16)25-14(3)12-22-21(25)27/h5-13,24H,1-4H3,(H,22,27)(H,23,26). The van der Waals surface area contributed by atoms with Crippen molar-refractivity contribution in [1.29, 1.82) is 0 Å². The van der Waals surface area contributed by atoms with E-state index in [1.54, 1.807) is 51.2 Å². The molecule has 1 heterocycles. The highest BCUT2D eigenvalue weighted by molar-refractivity contribution is 7.89. The minimum Gasteiger partial charge on any atom is -0.495 e. The van der Waals surface area contributed by atoms with Crippen molar-refractivity contribution in [2.75, 3.05) is 12.4 Å². The summed E-state index contributed by atoms with van der Waals surface area (Å²) in [5.74, 6) is -0.406. The van der Waals surface area contributed by atoms with E-state index in [1.165, 1.54) is 29.9 Å². The number of aromatic nitrogens is 2. The summed E-state index contributed by atoms with van der Waals surface area (Å²) in [4.78, 5) is 27.6. The van der Waals surface area contributed by atoms with Crippen LogP contribution >= 0.6 is 0 Å². The highest BCUT2D eigenvalue weighted by atomic mass is 32.2. The lowest BCUT2D eigenvalue weighted by Gasteiger charge is -2.15. The summed E-state index contributed by atoms with van der Waals surface area (Å²) >= 11 is 0. The van der Waals surface area contributed by atoms with Crippen LogP contribution in [-0.4, -0.2) is 37.0 Å². The number of imidazole rings is 1. The number of nitrogens with one attached hydrogen (secondary N) is 3. The number of hydrogen-bond acceptors (Lipinski definition) is 5. The topological polar surface area (TPSA) is 122 Å². The second-order valence-corrected chi connectivity index (χ2v) is 8.87. The molecular formula is C21H24N4O5S. The molecule has 2 aromatic carbocycles. The van der Waals surface area contributed by atoms with Crippen LogP contribution in [0.1, 0.15) is 29.9 Å². The first-order valence-electron chi connectivity index (χ1n) is 9.52. The van der Waals surface area contributed by atoms with E-state index in [-0.39, 0.29) is 27.9 Å². The number of ether oxygens (including phenoxy) is 1. The van der Waals surface area contributed by atoms with Gasteiger partial charge in [-0.2, -0.15) is 0 Å². The Kier molecular flexibility index (Phi) is 6.32. The van der Waals surface area contributed by atoms with E-state index in [4.69, 9.17) is 4.74 Å². The van der Waals surface area contributed by atoms with Crippen LogP contribution in [0.4, 0.5) is 5.69 Å². The van der Waals surface area contributed by atoms with Gasteiger partial charge in [-0.3, -0.25) is 9.36 Å². The lowest BCUT2D eigenvalue weighted by molar-refractivity contribution is 0.102. The summed E-state index contributed by atoms with van der Waals surface area (Å²) in [6.45, 7) is 5.16. The SMILES string of the molecule is COc1ccc(C(=O)Nc2ccccc2-n2c(C)c[nH]c2=O)cc1S(=O)(=O)NC(C)C. The Morgan fingerprint density at radius 3 is 2.48 bits per heavy atom. The van der Waals surface area contributed by atoms with Crippen LogP contribution in [0.5, 0.6) is 5.75 Å². The maximum absolute atomic E-state index is 12.9. The van der Waals surface area contributed by atoms with Gasteiger partial charge in [-0.25, -0.2) is 17.9 Å². The molecule has 3 aromatic rings. The first-order chi connectivity index (χ1) is 14.6. The Bertz CT molecular complexity index is 1270. The molecule has 0 atom stereocenters. The largest absolute Gasteiger partial charge is 0.495 e. The number of rotatable bonds is 7. The van der Waals surface area contributed by atoms with Crippen LogP contribution in [0.25, 0.3) is 5.69 Å². The number of nitrogens with zero attached hydrogens (tertiary/aromatic N) is 1. The van der Waals surface area contributed by atoms with E-state index in [0.29, 0.717) is 17.1 Å². The Morgan fingerprint density at radius 1 is 1.16 bits per heavy atom. The van der Waals surface area contributed by atoms with Gasteiger partial charge in [-0.05, 0) is 51.1 Å². The summed E-state index contributed by atoms with van der Waals surface area (Å²) in [5.41, 5.74) is 1.35. The van der Waals surface area contributed by atoms with Crippen molar-refractivity contribution in [2.24, 2.45) is 0 Å². The zero-order chi connectivity index (χ0) is 22.8. The van der Waals surface area contributed by atoms with E-state index in [2.05, 4.69) is 15.0 Å². The molecule has 0 fully saturated rings. The van der Waals surface area contributed by atoms with Gasteiger partial charge in [0.1, 0.15) is 10.6 Å². The molecule has 0 aliphatic heterocycles. The molecule has 0 saturated carbocycles. The predicted molar refractivity (Wildman–Crippen MR) is 118 cm³/mol. The molecule has 3 N–H and O–H groups in total. The minimum atomic E-state index is -3.89. The Balaban J connectivity index is 1.99. The fourth-order valence-corrected chi connectivity index (χ4v) is 4.57. The molecule has 0 saturated heterocycles. The molecule has 0 aliphatic carbocycles. The fourth-order valence-electron chi connectivity index (χ4n) is 3.13. The first-order valence-corrected chi connectivity index (χ1v) is 11.0. The third-order valence-electron chi connectivity index (χ3n) is 4.46. The molecule has 1 aromatic heterocycles. The smallest absolute Gasteiger partial charge is 0.330 e. The maximum atomic E-state index is 12.9. The molecule has 0 aliphatic rings. The molecule has 1 amide bonds. The van der Waals surface area contributed by atoms with Crippen LogP contribution in [0.3, 0.4) is 0 Å². The summed E-state index contributed by atoms with van der Waals surface area (Å²) in [6, 6.07) is 10.7. The van der Waals surface area contributed by atoms with Gasteiger partial charge < -0.3 is 15.0 Å². The van der Waals surface area contributed by atoms with Crippen LogP contribution in [0.2, 0.25) is 0 Å². The Morgan fingerprint density at radius 2 is 1.87 bits per heavy atom. The van der Waals surface area contributed by atoms with Gasteiger partial charge in [-0.15, -0.1) is 0 Å². The van der Waals surface area contributed by atoms with Gasteiger partial charge in [0.25, 0.3) is 5.91 Å². The zero-order valence-corrected chi connectivity index (χ0v) is 18.4. The first kappa shape index (κ1) is 22.3. The van der Waals surface area contributed by atoms with Crippen LogP contribution in [-0.2, 0) is 10.0 Å². The van der Waals surface area contributed by atoms with Crippen LogP contribution in [0.15, 0.2) is 58.4 Å². The number of aryl methyl sites for hydroxylation is 1. The number of methoxy groups -OCH3 is 1. The van der Waals surface area contributed by atoms with E-state index in [9.17, 15) is 18.0 Å². The molecular weight excluding hydrogens is 420 g/mol. The maximum Gasteiger partial charge on any atom is 0.330 e. The number of anilines is 1. The second kappa shape index (κ2) is 8.78. The number of carbonyl (C=O) groups excluding carboxylic acids is 1. The average molecular weight is 445 g/mol. The summed E-state index contributed by atoms with van der Waals surface area (Å²) in [6.07, 6.45) is 1.57. The zero-order valence-electron chi connectivity index (χ0n) is 17.6. The van der Waals surface area contributed by atoms with Crippen LogP contribution < -0.4 is 20.5 Å². The quantitative estimate of drug-likeness (QED) is 0.517. The third-order valence-corrected chi connectivity index (χ3v) is 6.14. The number of carbonyl (C=O) groups is 1. The molecule has 0 bridgehead atoms. The second-order valence-electron chi connectivity index (χ2n) is 7.18. The summed E-state index contributed by atoms with van der Waals surface area (Å²) < 4.78 is 34.4. The van der Waals surface area contributed by atoms with Crippen molar-refractivity contribution >= 4 is 21.6 Å².